The van der Waals surface area contributed by atoms with Crippen LogP contribution < -0.4 is 0 Å². The Morgan fingerprint density at radius 1 is 1.00 bits per heavy atom. The molecule has 0 aromatic heterocycles. The molecule has 1 nitrogen and oxygen atoms in total. The van der Waals surface area contributed by atoms with E-state index >= 15 is 0 Å². The third-order valence-electron chi connectivity index (χ3n) is 5.05. The number of hydrogen-bond donors (Lipinski definition) is 0. The fourth-order valence-corrected chi connectivity index (χ4v) is 4.45. The summed E-state index contributed by atoms with van der Waals surface area (Å²) in [5, 5.41) is 0. The molecule has 3 fully saturated rings. The summed E-state index contributed by atoms with van der Waals surface area (Å²) >= 11 is 0. The quantitative estimate of drug-likeness (QED) is 0.697. The summed E-state index contributed by atoms with van der Waals surface area (Å²) in [6.07, 6.45) is 4.74. The Hall–Kier alpha value is -0.820. The Kier molecular flexibility index (Phi) is 1.92. The van der Waals surface area contributed by atoms with Crippen LogP contribution in [0.3, 0.4) is 0 Å². The Labute approximate surface area is 96.8 Å². The van der Waals surface area contributed by atoms with Gasteiger partial charge in [0.05, 0.1) is 12.7 Å². The Balaban J connectivity index is 1.67. The van der Waals surface area contributed by atoms with Crippen molar-refractivity contribution in [2.75, 3.05) is 6.61 Å². The molecule has 0 bridgehead atoms. The molecule has 84 valence electrons. The molecular formula is C15H18O. The molecular weight excluding hydrogens is 196 g/mol. The van der Waals surface area contributed by atoms with Gasteiger partial charge in [0.15, 0.2) is 0 Å². The Morgan fingerprint density at radius 2 is 1.88 bits per heavy atom. The fourth-order valence-electron chi connectivity index (χ4n) is 4.45. The molecule has 1 heterocycles. The van der Waals surface area contributed by atoms with Crippen LogP contribution in [0, 0.1) is 17.8 Å². The second-order valence-electron chi connectivity index (χ2n) is 5.64. The minimum absolute atomic E-state index is 0.615. The second kappa shape index (κ2) is 3.33. The summed E-state index contributed by atoms with van der Waals surface area (Å²) in [5.74, 6) is 3.46. The lowest BCUT2D eigenvalue weighted by Gasteiger charge is -2.52. The lowest BCUT2D eigenvalue weighted by molar-refractivity contribution is -0.00575. The summed E-state index contributed by atoms with van der Waals surface area (Å²) in [4.78, 5) is 0. The number of ether oxygens (including phenoxy) is 1. The average molecular weight is 214 g/mol. The van der Waals surface area contributed by atoms with E-state index in [1.54, 1.807) is 5.56 Å². The molecule has 3 aliphatic rings. The largest absolute Gasteiger partial charge is 0.378 e. The van der Waals surface area contributed by atoms with Crippen LogP contribution in [0.5, 0.6) is 0 Å². The van der Waals surface area contributed by atoms with Gasteiger partial charge in [-0.15, -0.1) is 0 Å². The van der Waals surface area contributed by atoms with Crippen molar-refractivity contribution >= 4 is 0 Å². The molecule has 16 heavy (non-hydrogen) atoms. The van der Waals surface area contributed by atoms with Gasteiger partial charge >= 0.3 is 0 Å². The zero-order valence-electron chi connectivity index (χ0n) is 9.51. The van der Waals surface area contributed by atoms with Crippen molar-refractivity contribution < 1.29 is 4.74 Å². The first kappa shape index (κ1) is 9.23. The van der Waals surface area contributed by atoms with E-state index in [9.17, 15) is 0 Å². The third kappa shape index (κ3) is 1.10. The monoisotopic (exact) mass is 214 g/mol. The van der Waals surface area contributed by atoms with Crippen molar-refractivity contribution in [1.82, 2.24) is 0 Å². The summed E-state index contributed by atoms with van der Waals surface area (Å²) in [7, 11) is 0. The summed E-state index contributed by atoms with van der Waals surface area (Å²) < 4.78 is 5.96. The van der Waals surface area contributed by atoms with Crippen molar-refractivity contribution in [3.63, 3.8) is 0 Å². The van der Waals surface area contributed by atoms with Crippen LogP contribution in [0.1, 0.15) is 30.7 Å². The molecule has 1 aliphatic heterocycles. The molecule has 1 aromatic rings. The summed E-state index contributed by atoms with van der Waals surface area (Å²) in [6, 6.07) is 11.1. The highest BCUT2D eigenvalue weighted by atomic mass is 16.5. The zero-order valence-corrected chi connectivity index (χ0v) is 9.51. The molecule has 0 spiro atoms. The molecule has 2 saturated carbocycles. The van der Waals surface area contributed by atoms with Gasteiger partial charge in [-0.1, -0.05) is 36.8 Å². The van der Waals surface area contributed by atoms with Gasteiger partial charge in [-0.3, -0.25) is 0 Å². The lowest BCUT2D eigenvalue weighted by atomic mass is 9.51. The molecule has 4 rings (SSSR count). The molecule has 1 aromatic carbocycles. The fraction of sp³-hybridized carbons (Fsp3) is 0.600. The first-order valence-electron chi connectivity index (χ1n) is 6.62. The molecule has 1 heteroatoms. The maximum atomic E-state index is 5.96. The highest BCUT2D eigenvalue weighted by Gasteiger charge is 2.58. The minimum Gasteiger partial charge on any atom is -0.378 e. The van der Waals surface area contributed by atoms with Gasteiger partial charge in [0, 0.05) is 0 Å². The number of benzene rings is 1. The first-order chi connectivity index (χ1) is 7.95. The van der Waals surface area contributed by atoms with Crippen molar-refractivity contribution in [3.05, 3.63) is 35.9 Å². The Bertz CT molecular complexity index is 386. The van der Waals surface area contributed by atoms with E-state index in [1.165, 1.54) is 19.3 Å². The van der Waals surface area contributed by atoms with Gasteiger partial charge < -0.3 is 4.74 Å². The summed E-state index contributed by atoms with van der Waals surface area (Å²) in [5.41, 5.74) is 1.56. The predicted molar refractivity (Wildman–Crippen MR) is 63.2 cm³/mol. The normalized spacial score (nSPS) is 44.9. The minimum atomic E-state index is 0.615. The van der Waals surface area contributed by atoms with Crippen molar-refractivity contribution in [2.45, 2.75) is 31.3 Å². The summed E-state index contributed by atoms with van der Waals surface area (Å²) in [6.45, 7) is 1.02. The lowest BCUT2D eigenvalue weighted by Crippen LogP contribution is -2.48. The maximum absolute atomic E-state index is 5.96. The average Bonchev–Trinajstić information content (AvgIpc) is 2.71. The van der Waals surface area contributed by atoms with Crippen LogP contribution >= 0.6 is 0 Å². The van der Waals surface area contributed by atoms with Crippen molar-refractivity contribution in [3.8, 4) is 0 Å². The van der Waals surface area contributed by atoms with E-state index in [1.807, 2.05) is 0 Å². The molecule has 2 aliphatic carbocycles. The van der Waals surface area contributed by atoms with E-state index in [0.29, 0.717) is 6.10 Å². The van der Waals surface area contributed by atoms with Gasteiger partial charge in [0.25, 0.3) is 0 Å². The van der Waals surface area contributed by atoms with Crippen LogP contribution in [-0.2, 0) is 4.74 Å². The standard InChI is InChI=1S/C15H18O/c1-2-5-10(6-3-1)14-11-7-4-8-13-15(11)12(14)9-16-13/h1-3,5-6,11-15H,4,7-9H2/t11-,12+,13-,14-,15-/m0/s1. The number of hydrogen-bond acceptors (Lipinski definition) is 1. The first-order valence-corrected chi connectivity index (χ1v) is 6.62. The zero-order chi connectivity index (χ0) is 10.5. The topological polar surface area (TPSA) is 9.23 Å². The molecule has 1 saturated heterocycles. The third-order valence-corrected chi connectivity index (χ3v) is 5.05. The highest BCUT2D eigenvalue weighted by Crippen LogP contribution is 2.61. The van der Waals surface area contributed by atoms with Crippen molar-refractivity contribution in [1.29, 1.82) is 0 Å². The van der Waals surface area contributed by atoms with Gasteiger partial charge in [-0.25, -0.2) is 0 Å². The molecule has 0 radical (unpaired) electrons. The van der Waals surface area contributed by atoms with E-state index < -0.39 is 0 Å². The van der Waals surface area contributed by atoms with Crippen LogP contribution in [0.25, 0.3) is 0 Å². The predicted octanol–water partition coefficient (Wildman–Crippen LogP) is 3.22. The van der Waals surface area contributed by atoms with Gasteiger partial charge in [0.1, 0.15) is 0 Å². The van der Waals surface area contributed by atoms with Crippen LogP contribution in [0.4, 0.5) is 0 Å². The van der Waals surface area contributed by atoms with Gasteiger partial charge in [0.2, 0.25) is 0 Å². The molecule has 0 amide bonds. The van der Waals surface area contributed by atoms with Crippen LogP contribution in [0.2, 0.25) is 0 Å². The second-order valence-corrected chi connectivity index (χ2v) is 5.64. The maximum Gasteiger partial charge on any atom is 0.0610 e. The van der Waals surface area contributed by atoms with E-state index in [2.05, 4.69) is 30.3 Å². The van der Waals surface area contributed by atoms with Crippen LogP contribution in [-0.4, -0.2) is 12.7 Å². The van der Waals surface area contributed by atoms with E-state index in [0.717, 1.165) is 30.3 Å². The number of rotatable bonds is 1. The van der Waals surface area contributed by atoms with Crippen LogP contribution in [0.15, 0.2) is 30.3 Å². The van der Waals surface area contributed by atoms with E-state index in [4.69, 9.17) is 4.74 Å². The van der Waals surface area contributed by atoms with E-state index in [-0.39, 0.29) is 0 Å². The highest BCUT2D eigenvalue weighted by molar-refractivity contribution is 5.27. The van der Waals surface area contributed by atoms with Crippen molar-refractivity contribution in [2.24, 2.45) is 17.8 Å². The molecule has 0 N–H and O–H groups in total. The van der Waals surface area contributed by atoms with Gasteiger partial charge in [-0.2, -0.15) is 0 Å². The van der Waals surface area contributed by atoms with Gasteiger partial charge in [-0.05, 0) is 42.1 Å². The Morgan fingerprint density at radius 3 is 2.75 bits per heavy atom. The molecule has 5 atom stereocenters. The molecule has 0 unspecified atom stereocenters. The smallest absolute Gasteiger partial charge is 0.0610 e. The SMILES string of the molecule is c1ccc([C@@H]2[C@H]3CO[C@H]4CCC[C@@H]2[C@@H]34)cc1.